The highest BCUT2D eigenvalue weighted by Gasteiger charge is 2.19. The molecule has 4 rings (SSSR count). The average Bonchev–Trinajstić information content (AvgIpc) is 3.26. The number of hydrogen-bond acceptors (Lipinski definition) is 9. The predicted molar refractivity (Wildman–Crippen MR) is 128 cm³/mol. The molecule has 0 spiro atoms. The van der Waals surface area contributed by atoms with Crippen LogP contribution < -0.4 is 11.1 Å². The van der Waals surface area contributed by atoms with Crippen LogP contribution in [0.4, 0.5) is 15.4 Å². The van der Waals surface area contributed by atoms with E-state index in [1.807, 2.05) is 0 Å². The summed E-state index contributed by atoms with van der Waals surface area (Å²) in [5.74, 6) is 0.0728. The summed E-state index contributed by atoms with van der Waals surface area (Å²) in [4.78, 5) is 27.0. The number of aromatic nitrogens is 4. The smallest absolute Gasteiger partial charge is 0.333 e. The summed E-state index contributed by atoms with van der Waals surface area (Å²) < 4.78 is 40.1. The first-order chi connectivity index (χ1) is 16.6. The molecule has 0 radical (unpaired) electrons. The van der Waals surface area contributed by atoms with Gasteiger partial charge in [-0.05, 0) is 30.3 Å². The van der Waals surface area contributed by atoms with E-state index in [4.69, 9.17) is 22.4 Å². The molecule has 1 amide bonds. The highest BCUT2D eigenvalue weighted by atomic mass is 35.5. The molecule has 0 atom stereocenters. The molecule has 2 aromatic heterocycles. The molecule has 35 heavy (non-hydrogen) atoms. The molecule has 184 valence electrons. The van der Waals surface area contributed by atoms with E-state index in [0.29, 0.717) is 34.8 Å². The van der Waals surface area contributed by atoms with Crippen LogP contribution in [0.15, 0.2) is 53.7 Å². The second-order valence-corrected chi connectivity index (χ2v) is 8.60. The van der Waals surface area contributed by atoms with Crippen LogP contribution in [-0.4, -0.2) is 59.7 Å². The Morgan fingerprint density at radius 1 is 1.26 bits per heavy atom. The molecule has 11 nitrogen and oxygen atoms in total. The van der Waals surface area contributed by atoms with Crippen LogP contribution in [-0.2, 0) is 15.0 Å². The van der Waals surface area contributed by atoms with Gasteiger partial charge in [0.25, 0.3) is 5.91 Å². The molecule has 5 N–H and O–H groups in total. The van der Waals surface area contributed by atoms with Crippen molar-refractivity contribution in [3.05, 3.63) is 59.4 Å². The average molecular weight is 523 g/mol. The number of carbonyl (C=O) groups is 1. The zero-order valence-corrected chi connectivity index (χ0v) is 19.8. The van der Waals surface area contributed by atoms with Crippen molar-refractivity contribution in [3.63, 3.8) is 0 Å². The molecule has 2 heterocycles. The lowest BCUT2D eigenvalue weighted by molar-refractivity contribution is 0.102. The Hall–Kier alpha value is -3.65. The number of nitrogens with one attached hydrogen (secondary N) is 2. The van der Waals surface area contributed by atoms with Crippen molar-refractivity contribution in [2.75, 3.05) is 31.4 Å². The van der Waals surface area contributed by atoms with Gasteiger partial charge in [-0.15, -0.1) is 3.89 Å². The quantitative estimate of drug-likeness (QED) is 0.277. The number of aliphatic hydroxyl groups excluding tert-OH is 1. The largest absolute Gasteiger partial charge is 0.394 e. The number of hydrogen-bond donors (Lipinski definition) is 4. The van der Waals surface area contributed by atoms with E-state index in [9.17, 15) is 17.1 Å². The Morgan fingerprint density at radius 3 is 2.66 bits per heavy atom. The number of carbonyl (C=O) groups excluding carboxylic acids is 1. The summed E-state index contributed by atoms with van der Waals surface area (Å²) in [5.41, 5.74) is 7.64. The number of nitrogens with two attached hydrogens (primary N) is 1. The molecule has 0 aliphatic carbocycles. The predicted octanol–water partition coefficient (Wildman–Crippen LogP) is 2.79. The van der Waals surface area contributed by atoms with Crippen molar-refractivity contribution in [1.82, 2.24) is 19.9 Å². The van der Waals surface area contributed by atoms with Crippen LogP contribution >= 0.6 is 11.6 Å². The maximum absolute atomic E-state index is 13.3. The fourth-order valence-corrected chi connectivity index (χ4v) is 3.82. The van der Waals surface area contributed by atoms with Crippen LogP contribution in [0.2, 0.25) is 5.02 Å². The number of fused-ring (bicyclic) bond motifs is 1. The highest BCUT2D eigenvalue weighted by molar-refractivity contribution is 7.86. The van der Waals surface area contributed by atoms with E-state index in [1.54, 1.807) is 31.4 Å². The number of amides is 1. The van der Waals surface area contributed by atoms with Crippen molar-refractivity contribution in [1.29, 1.82) is 0 Å². The molecule has 0 aliphatic heterocycles. The van der Waals surface area contributed by atoms with Gasteiger partial charge in [0.1, 0.15) is 22.6 Å². The standard InChI is InChI=1S/C18H12ClFN6O3S.C3H8O2/c19-12-5-4-10(7-13(12)30(20,28)29)18(27)24-11-3-1-2-9(6-11)16-25-14-15(21)22-8-23-17(14)26-16;1-5-3-2-4/h1-8H,(H,24,27)(H3,21,22,23,25,26);4H,2-3H2,1H3. The van der Waals surface area contributed by atoms with Gasteiger partial charge in [-0.25, -0.2) is 15.0 Å². The molecule has 0 unspecified atom stereocenters. The van der Waals surface area contributed by atoms with E-state index >= 15 is 0 Å². The third kappa shape index (κ3) is 6.48. The summed E-state index contributed by atoms with van der Waals surface area (Å²) in [5, 5.41) is 10.2. The van der Waals surface area contributed by atoms with Crippen LogP contribution in [0, 0.1) is 0 Å². The number of aliphatic hydroxyl groups is 1. The maximum atomic E-state index is 13.3. The Kier molecular flexibility index (Phi) is 8.30. The lowest BCUT2D eigenvalue weighted by Gasteiger charge is -2.08. The molecular weight excluding hydrogens is 503 g/mol. The van der Waals surface area contributed by atoms with Gasteiger partial charge in [0.05, 0.1) is 18.2 Å². The maximum Gasteiger partial charge on any atom is 0.333 e. The van der Waals surface area contributed by atoms with Crippen LogP contribution in [0.25, 0.3) is 22.6 Å². The Morgan fingerprint density at radius 2 is 2.03 bits per heavy atom. The fourth-order valence-electron chi connectivity index (χ4n) is 2.85. The monoisotopic (exact) mass is 522 g/mol. The van der Waals surface area contributed by atoms with Gasteiger partial charge < -0.3 is 25.9 Å². The second kappa shape index (κ2) is 11.2. The van der Waals surface area contributed by atoms with Crippen molar-refractivity contribution >= 4 is 50.4 Å². The molecule has 0 fully saturated rings. The highest BCUT2D eigenvalue weighted by Crippen LogP contribution is 2.26. The summed E-state index contributed by atoms with van der Waals surface area (Å²) >= 11 is 5.70. The minimum atomic E-state index is -5.07. The summed E-state index contributed by atoms with van der Waals surface area (Å²) in [6.07, 6.45) is 1.30. The number of nitrogen functional groups attached to an aromatic ring is 1. The van der Waals surface area contributed by atoms with Gasteiger partial charge in [0, 0.05) is 23.9 Å². The van der Waals surface area contributed by atoms with Crippen molar-refractivity contribution < 1.29 is 26.9 Å². The van der Waals surface area contributed by atoms with Gasteiger partial charge in [0.2, 0.25) is 0 Å². The molecular formula is C21H20ClFN6O5S. The van der Waals surface area contributed by atoms with Crippen LogP contribution in [0.5, 0.6) is 0 Å². The van der Waals surface area contributed by atoms with Gasteiger partial charge in [-0.3, -0.25) is 4.79 Å². The number of imidazole rings is 1. The molecule has 0 bridgehead atoms. The number of nitrogens with zero attached hydrogens (tertiary/aromatic N) is 3. The minimum Gasteiger partial charge on any atom is -0.394 e. The second-order valence-electron chi connectivity index (χ2n) is 6.88. The molecule has 2 aromatic carbocycles. The first-order valence-corrected chi connectivity index (χ1v) is 11.6. The molecule has 14 heteroatoms. The fraction of sp³-hybridized carbons (Fsp3) is 0.143. The van der Waals surface area contributed by atoms with Crippen molar-refractivity contribution in [2.45, 2.75) is 4.90 Å². The number of methoxy groups -OCH3 is 1. The van der Waals surface area contributed by atoms with E-state index in [-0.39, 0.29) is 23.0 Å². The third-order valence-electron chi connectivity index (χ3n) is 4.46. The molecule has 0 saturated carbocycles. The van der Waals surface area contributed by atoms with E-state index in [0.717, 1.165) is 12.1 Å². The zero-order valence-electron chi connectivity index (χ0n) is 18.2. The summed E-state index contributed by atoms with van der Waals surface area (Å²) in [6.45, 7) is 0.566. The van der Waals surface area contributed by atoms with Gasteiger partial charge in [-0.1, -0.05) is 23.7 Å². The first-order valence-electron chi connectivity index (χ1n) is 9.86. The number of H-pyrrole nitrogens is 1. The lowest BCUT2D eigenvalue weighted by atomic mass is 10.1. The zero-order chi connectivity index (χ0) is 25.6. The van der Waals surface area contributed by atoms with E-state index in [2.05, 4.69) is 30.0 Å². The number of rotatable bonds is 6. The van der Waals surface area contributed by atoms with Crippen molar-refractivity contribution in [2.24, 2.45) is 0 Å². The van der Waals surface area contributed by atoms with Gasteiger partial charge >= 0.3 is 10.2 Å². The number of halogens is 2. The van der Waals surface area contributed by atoms with Crippen LogP contribution in [0.3, 0.4) is 0 Å². The van der Waals surface area contributed by atoms with E-state index in [1.165, 1.54) is 12.4 Å². The summed E-state index contributed by atoms with van der Waals surface area (Å²) in [6, 6.07) is 10.0. The lowest BCUT2D eigenvalue weighted by Crippen LogP contribution is -2.12. The number of ether oxygens (including phenoxy) is 1. The Bertz CT molecular complexity index is 1460. The summed E-state index contributed by atoms with van der Waals surface area (Å²) in [7, 11) is -3.52. The molecule has 4 aromatic rings. The SMILES string of the molecule is COCCO.Nc1ncnc2nc(-c3cccc(NC(=O)c4ccc(Cl)c(S(=O)(=O)F)c4)c3)[nH]c12. The first kappa shape index (κ1) is 26.0. The number of benzene rings is 2. The van der Waals surface area contributed by atoms with Crippen molar-refractivity contribution in [3.8, 4) is 11.4 Å². The topological polar surface area (TPSA) is 173 Å². The number of anilines is 2. The Balaban J connectivity index is 0.000000623. The molecule has 0 aliphatic rings. The van der Waals surface area contributed by atoms with Gasteiger partial charge in [-0.2, -0.15) is 8.42 Å². The van der Waals surface area contributed by atoms with Crippen LogP contribution in [0.1, 0.15) is 10.4 Å². The number of aromatic amines is 1. The third-order valence-corrected chi connectivity index (χ3v) is 5.77. The normalized spacial score (nSPS) is 11.1. The van der Waals surface area contributed by atoms with Gasteiger partial charge in [0.15, 0.2) is 11.5 Å². The Labute approximate surface area is 204 Å². The van der Waals surface area contributed by atoms with E-state index < -0.39 is 21.0 Å². The minimum absolute atomic E-state index is 0.0761. The molecule has 0 saturated heterocycles.